The Hall–Kier alpha value is -2.93. The molecule has 0 bridgehead atoms. The predicted molar refractivity (Wildman–Crippen MR) is 108 cm³/mol. The van der Waals surface area contributed by atoms with Gasteiger partial charge in [-0.2, -0.15) is 5.10 Å². The summed E-state index contributed by atoms with van der Waals surface area (Å²) < 4.78 is 1.48. The van der Waals surface area contributed by atoms with Gasteiger partial charge >= 0.3 is 0 Å². The molecule has 1 aromatic carbocycles. The SMILES string of the molecule is Cc1sc(NC(=O)c2ccnn2C)c(C(N)=O)c1-c1ccc(C(C)C)cc1. The zero-order valence-corrected chi connectivity index (χ0v) is 16.6. The molecule has 27 heavy (non-hydrogen) atoms. The molecular weight excluding hydrogens is 360 g/mol. The molecule has 0 spiro atoms. The monoisotopic (exact) mass is 382 g/mol. The van der Waals surface area contributed by atoms with E-state index >= 15 is 0 Å². The van der Waals surface area contributed by atoms with Crippen LogP contribution in [0.25, 0.3) is 11.1 Å². The van der Waals surface area contributed by atoms with E-state index in [9.17, 15) is 9.59 Å². The number of thiophene rings is 1. The van der Waals surface area contributed by atoms with Gasteiger partial charge < -0.3 is 11.1 Å². The summed E-state index contributed by atoms with van der Waals surface area (Å²) >= 11 is 1.34. The van der Waals surface area contributed by atoms with Gasteiger partial charge in [0, 0.05) is 23.7 Å². The Bertz CT molecular complexity index is 1000. The zero-order valence-electron chi connectivity index (χ0n) is 15.7. The first-order valence-electron chi connectivity index (χ1n) is 8.62. The van der Waals surface area contributed by atoms with Gasteiger partial charge in [-0.3, -0.25) is 14.3 Å². The van der Waals surface area contributed by atoms with Crippen molar-refractivity contribution in [3.05, 3.63) is 58.2 Å². The van der Waals surface area contributed by atoms with Crippen LogP contribution < -0.4 is 11.1 Å². The number of aryl methyl sites for hydroxylation is 2. The highest BCUT2D eigenvalue weighted by molar-refractivity contribution is 7.17. The Labute approximate surface area is 162 Å². The molecule has 3 rings (SSSR count). The summed E-state index contributed by atoms with van der Waals surface area (Å²) in [7, 11) is 1.69. The molecule has 140 valence electrons. The molecule has 0 aliphatic rings. The maximum absolute atomic E-state index is 12.5. The number of primary amides is 1. The average Bonchev–Trinajstić information content (AvgIpc) is 3.18. The quantitative estimate of drug-likeness (QED) is 0.700. The van der Waals surface area contributed by atoms with Crippen LogP contribution in [0.15, 0.2) is 36.5 Å². The molecule has 3 N–H and O–H groups in total. The summed E-state index contributed by atoms with van der Waals surface area (Å²) in [6, 6.07) is 9.70. The highest BCUT2D eigenvalue weighted by Crippen LogP contribution is 2.40. The van der Waals surface area contributed by atoms with Crippen molar-refractivity contribution in [2.24, 2.45) is 12.8 Å². The number of carbonyl (C=O) groups excluding carboxylic acids is 2. The van der Waals surface area contributed by atoms with Gasteiger partial charge in [-0.05, 0) is 30.0 Å². The van der Waals surface area contributed by atoms with Gasteiger partial charge in [0.25, 0.3) is 11.8 Å². The Balaban J connectivity index is 2.02. The number of amides is 2. The lowest BCUT2D eigenvalue weighted by atomic mass is 9.96. The zero-order chi connectivity index (χ0) is 19.7. The molecule has 2 amide bonds. The molecule has 0 radical (unpaired) electrons. The molecule has 6 nitrogen and oxygen atoms in total. The van der Waals surface area contributed by atoms with Gasteiger partial charge in [0.1, 0.15) is 10.7 Å². The minimum absolute atomic E-state index is 0.333. The molecule has 0 saturated heterocycles. The van der Waals surface area contributed by atoms with Crippen molar-refractivity contribution in [2.45, 2.75) is 26.7 Å². The van der Waals surface area contributed by atoms with Gasteiger partial charge in [0.05, 0.1) is 5.56 Å². The van der Waals surface area contributed by atoms with Crippen molar-refractivity contribution in [3.63, 3.8) is 0 Å². The summed E-state index contributed by atoms with van der Waals surface area (Å²) in [4.78, 5) is 25.6. The van der Waals surface area contributed by atoms with Crippen LogP contribution in [-0.2, 0) is 7.05 Å². The van der Waals surface area contributed by atoms with Crippen LogP contribution in [0, 0.1) is 6.92 Å². The van der Waals surface area contributed by atoms with Crippen LogP contribution in [0.1, 0.15) is 51.1 Å². The second-order valence-corrected chi connectivity index (χ2v) is 7.90. The topological polar surface area (TPSA) is 90.0 Å². The lowest BCUT2D eigenvalue weighted by Gasteiger charge is -2.09. The van der Waals surface area contributed by atoms with E-state index in [4.69, 9.17) is 5.73 Å². The molecule has 0 aliphatic heterocycles. The Morgan fingerprint density at radius 3 is 2.37 bits per heavy atom. The van der Waals surface area contributed by atoms with E-state index < -0.39 is 5.91 Å². The molecular formula is C20H22N4O2S. The summed E-state index contributed by atoms with van der Waals surface area (Å²) in [6.45, 7) is 6.18. The number of benzene rings is 1. The first-order valence-corrected chi connectivity index (χ1v) is 9.44. The van der Waals surface area contributed by atoms with Gasteiger partial charge in [-0.1, -0.05) is 38.1 Å². The normalized spacial score (nSPS) is 11.0. The molecule has 0 unspecified atom stereocenters. The fraction of sp³-hybridized carbons (Fsp3) is 0.250. The number of carbonyl (C=O) groups is 2. The van der Waals surface area contributed by atoms with E-state index in [1.807, 2.05) is 19.1 Å². The number of hydrogen-bond acceptors (Lipinski definition) is 4. The van der Waals surface area contributed by atoms with E-state index in [-0.39, 0.29) is 5.91 Å². The molecule has 0 fully saturated rings. The predicted octanol–water partition coefficient (Wildman–Crippen LogP) is 3.93. The van der Waals surface area contributed by atoms with Crippen molar-refractivity contribution in [1.29, 1.82) is 0 Å². The second-order valence-electron chi connectivity index (χ2n) is 6.67. The van der Waals surface area contributed by atoms with Crippen LogP contribution in [0.5, 0.6) is 0 Å². The molecule has 0 saturated carbocycles. The summed E-state index contributed by atoms with van der Waals surface area (Å²) in [5.41, 5.74) is 9.30. The number of aromatic nitrogens is 2. The second kappa shape index (κ2) is 7.36. The number of nitrogens with one attached hydrogen (secondary N) is 1. The minimum atomic E-state index is -0.567. The maximum atomic E-state index is 12.5. The van der Waals surface area contributed by atoms with Crippen molar-refractivity contribution in [3.8, 4) is 11.1 Å². The smallest absolute Gasteiger partial charge is 0.274 e. The Kier molecular flexibility index (Phi) is 5.14. The fourth-order valence-corrected chi connectivity index (χ4v) is 4.09. The Morgan fingerprint density at radius 1 is 1.19 bits per heavy atom. The van der Waals surface area contributed by atoms with E-state index in [0.717, 1.165) is 16.0 Å². The van der Waals surface area contributed by atoms with Crippen molar-refractivity contribution >= 4 is 28.2 Å². The number of anilines is 1. The summed E-state index contributed by atoms with van der Waals surface area (Å²) in [5.74, 6) is -0.477. The van der Waals surface area contributed by atoms with E-state index in [2.05, 4.69) is 36.4 Å². The van der Waals surface area contributed by atoms with E-state index in [1.54, 1.807) is 19.3 Å². The lowest BCUT2D eigenvalue weighted by molar-refractivity contribution is 0.100. The van der Waals surface area contributed by atoms with E-state index in [0.29, 0.717) is 22.2 Å². The summed E-state index contributed by atoms with van der Waals surface area (Å²) in [5, 5.41) is 7.26. The van der Waals surface area contributed by atoms with E-state index in [1.165, 1.54) is 21.6 Å². The largest absolute Gasteiger partial charge is 0.365 e. The van der Waals surface area contributed by atoms with Crippen LogP contribution >= 0.6 is 11.3 Å². The lowest BCUT2D eigenvalue weighted by Crippen LogP contribution is -2.19. The highest BCUT2D eigenvalue weighted by Gasteiger charge is 2.23. The fourth-order valence-electron chi connectivity index (χ4n) is 3.01. The Morgan fingerprint density at radius 2 is 1.85 bits per heavy atom. The van der Waals surface area contributed by atoms with Gasteiger partial charge in [-0.15, -0.1) is 11.3 Å². The third kappa shape index (κ3) is 3.64. The third-order valence-corrected chi connectivity index (χ3v) is 5.50. The molecule has 0 atom stereocenters. The molecule has 2 heterocycles. The number of nitrogens with zero attached hydrogens (tertiary/aromatic N) is 2. The first kappa shape index (κ1) is 18.8. The van der Waals surface area contributed by atoms with Crippen molar-refractivity contribution in [2.75, 3.05) is 5.32 Å². The highest BCUT2D eigenvalue weighted by atomic mass is 32.1. The first-order chi connectivity index (χ1) is 12.8. The molecule has 0 aliphatic carbocycles. The van der Waals surface area contributed by atoms with Crippen LogP contribution in [0.4, 0.5) is 5.00 Å². The summed E-state index contributed by atoms with van der Waals surface area (Å²) in [6.07, 6.45) is 1.55. The standard InChI is InChI=1S/C20H22N4O2S/c1-11(2)13-5-7-14(8-6-13)16-12(3)27-20(17(16)18(21)25)23-19(26)15-9-10-22-24(15)4/h5-11H,1-4H3,(H2,21,25)(H,23,26). The molecule has 7 heteroatoms. The van der Waals surface area contributed by atoms with Crippen molar-refractivity contribution in [1.82, 2.24) is 9.78 Å². The van der Waals surface area contributed by atoms with Crippen molar-refractivity contribution < 1.29 is 9.59 Å². The maximum Gasteiger partial charge on any atom is 0.274 e. The van der Waals surface area contributed by atoms with Gasteiger partial charge in [0.2, 0.25) is 0 Å². The number of hydrogen-bond donors (Lipinski definition) is 2. The molecule has 2 aromatic heterocycles. The van der Waals surface area contributed by atoms with Crippen LogP contribution in [0.2, 0.25) is 0 Å². The number of rotatable bonds is 5. The minimum Gasteiger partial charge on any atom is -0.365 e. The number of nitrogens with two attached hydrogens (primary N) is 1. The van der Waals surface area contributed by atoms with Gasteiger partial charge in [-0.25, -0.2) is 0 Å². The van der Waals surface area contributed by atoms with Crippen LogP contribution in [0.3, 0.4) is 0 Å². The third-order valence-electron chi connectivity index (χ3n) is 4.48. The average molecular weight is 382 g/mol. The van der Waals surface area contributed by atoms with Crippen LogP contribution in [-0.4, -0.2) is 21.6 Å². The van der Waals surface area contributed by atoms with Gasteiger partial charge in [0.15, 0.2) is 0 Å². The molecule has 3 aromatic rings.